The third kappa shape index (κ3) is 2.99. The summed E-state index contributed by atoms with van der Waals surface area (Å²) >= 11 is 0. The summed E-state index contributed by atoms with van der Waals surface area (Å²) in [5.41, 5.74) is 2.38. The van der Waals surface area contributed by atoms with Crippen molar-refractivity contribution >= 4 is 28.4 Å². The molecular weight excluding hydrogens is 432 g/mol. The smallest absolute Gasteiger partial charge is 0.254 e. The van der Waals surface area contributed by atoms with E-state index in [2.05, 4.69) is 32.5 Å². The van der Waals surface area contributed by atoms with Gasteiger partial charge in [0.1, 0.15) is 5.82 Å². The maximum atomic E-state index is 13.3. The predicted molar refractivity (Wildman–Crippen MR) is 126 cm³/mol. The average molecular weight is 457 g/mol. The minimum Gasteiger partial charge on any atom is -0.454 e. The molecule has 4 heterocycles. The number of carbonyl (C=O) groups excluding carboxylic acids is 1. The number of anilines is 1. The molecule has 2 fully saturated rings. The van der Waals surface area contributed by atoms with E-state index in [1.165, 1.54) is 0 Å². The molecule has 0 N–H and O–H groups in total. The van der Waals surface area contributed by atoms with Crippen molar-refractivity contribution in [3.05, 3.63) is 53.9 Å². The Labute approximate surface area is 195 Å². The number of nitrogens with zero attached hydrogens (tertiary/aromatic N) is 6. The van der Waals surface area contributed by atoms with Gasteiger partial charge < -0.3 is 19.3 Å². The zero-order valence-electron chi connectivity index (χ0n) is 18.8. The van der Waals surface area contributed by atoms with Crippen molar-refractivity contribution in [2.24, 2.45) is 0 Å². The molecule has 1 aliphatic carbocycles. The van der Waals surface area contributed by atoms with Crippen LogP contribution in [0.1, 0.15) is 41.9 Å². The molecule has 9 heteroatoms. The molecule has 2 aromatic heterocycles. The summed E-state index contributed by atoms with van der Waals surface area (Å²) in [7, 11) is 0. The first-order valence-corrected chi connectivity index (χ1v) is 11.8. The Hall–Kier alpha value is -3.88. The first-order chi connectivity index (χ1) is 16.7. The Morgan fingerprint density at radius 2 is 1.88 bits per heavy atom. The molecule has 2 aromatic carbocycles. The molecule has 0 spiro atoms. The van der Waals surface area contributed by atoms with E-state index >= 15 is 0 Å². The van der Waals surface area contributed by atoms with Gasteiger partial charge in [-0.05, 0) is 50.1 Å². The third-order valence-electron chi connectivity index (χ3n) is 6.99. The monoisotopic (exact) mass is 456 g/mol. The Balaban J connectivity index is 1.21. The lowest BCUT2D eigenvalue weighted by molar-refractivity contribution is 0.0672. The number of hydrogen-bond donors (Lipinski definition) is 0. The number of piperazine rings is 1. The van der Waals surface area contributed by atoms with Gasteiger partial charge in [0.15, 0.2) is 17.1 Å². The van der Waals surface area contributed by atoms with E-state index in [1.807, 2.05) is 29.2 Å². The largest absolute Gasteiger partial charge is 0.454 e. The van der Waals surface area contributed by atoms with E-state index in [0.29, 0.717) is 42.6 Å². The van der Waals surface area contributed by atoms with Crippen LogP contribution >= 0.6 is 0 Å². The second-order valence-electron chi connectivity index (χ2n) is 9.28. The highest BCUT2D eigenvalue weighted by Crippen LogP contribution is 2.41. The Morgan fingerprint density at radius 1 is 1.03 bits per heavy atom. The quantitative estimate of drug-likeness (QED) is 0.468. The topological polar surface area (TPSA) is 85.1 Å². The van der Waals surface area contributed by atoms with Gasteiger partial charge in [-0.15, -0.1) is 10.2 Å². The van der Waals surface area contributed by atoms with Crippen molar-refractivity contribution in [3.8, 4) is 11.5 Å². The fourth-order valence-corrected chi connectivity index (χ4v) is 5.04. The summed E-state index contributed by atoms with van der Waals surface area (Å²) in [5, 5.41) is 10.1. The van der Waals surface area contributed by atoms with E-state index in [9.17, 15) is 4.79 Å². The van der Waals surface area contributed by atoms with Crippen LogP contribution < -0.4 is 14.4 Å². The number of aromatic nitrogens is 4. The third-order valence-corrected chi connectivity index (χ3v) is 6.99. The van der Waals surface area contributed by atoms with Crippen LogP contribution in [0.25, 0.3) is 16.6 Å². The van der Waals surface area contributed by atoms with Gasteiger partial charge in [-0.1, -0.05) is 12.1 Å². The first-order valence-electron chi connectivity index (χ1n) is 11.8. The number of fused-ring (bicyclic) bond motifs is 4. The van der Waals surface area contributed by atoms with E-state index in [0.717, 1.165) is 41.2 Å². The SMILES string of the molecule is CC1CN(c2nc3ccccc3c3nnc(C4CC4)n23)CCN1C(=O)c1ccc2c(c1)OCO2. The van der Waals surface area contributed by atoms with E-state index in [4.69, 9.17) is 14.5 Å². The molecule has 1 saturated carbocycles. The van der Waals surface area contributed by atoms with Crippen molar-refractivity contribution in [2.75, 3.05) is 31.3 Å². The molecule has 9 nitrogen and oxygen atoms in total. The molecule has 34 heavy (non-hydrogen) atoms. The molecule has 1 unspecified atom stereocenters. The van der Waals surface area contributed by atoms with Crippen molar-refractivity contribution in [1.29, 1.82) is 0 Å². The molecule has 3 aliphatic rings. The van der Waals surface area contributed by atoms with E-state index < -0.39 is 0 Å². The van der Waals surface area contributed by atoms with Gasteiger partial charge in [0, 0.05) is 42.5 Å². The van der Waals surface area contributed by atoms with Crippen LogP contribution in [-0.2, 0) is 0 Å². The number of hydrogen-bond acceptors (Lipinski definition) is 7. The first kappa shape index (κ1) is 19.6. The summed E-state index contributed by atoms with van der Waals surface area (Å²) in [6.07, 6.45) is 2.28. The number of amides is 1. The van der Waals surface area contributed by atoms with Gasteiger partial charge in [0.05, 0.1) is 5.52 Å². The fourth-order valence-electron chi connectivity index (χ4n) is 5.04. The highest BCUT2D eigenvalue weighted by atomic mass is 16.7. The lowest BCUT2D eigenvalue weighted by Gasteiger charge is -2.40. The van der Waals surface area contributed by atoms with Crippen molar-refractivity contribution in [2.45, 2.75) is 31.7 Å². The predicted octanol–water partition coefficient (Wildman–Crippen LogP) is 3.23. The summed E-state index contributed by atoms with van der Waals surface area (Å²) in [5.74, 6) is 3.62. The van der Waals surface area contributed by atoms with Crippen molar-refractivity contribution in [3.63, 3.8) is 0 Å². The maximum Gasteiger partial charge on any atom is 0.254 e. The summed E-state index contributed by atoms with van der Waals surface area (Å²) in [6, 6.07) is 13.5. The van der Waals surface area contributed by atoms with E-state index in [1.54, 1.807) is 12.1 Å². The number of carbonyl (C=O) groups is 1. The molecule has 0 radical (unpaired) electrons. The number of rotatable bonds is 3. The second-order valence-corrected chi connectivity index (χ2v) is 9.28. The molecule has 1 saturated heterocycles. The van der Waals surface area contributed by atoms with Gasteiger partial charge in [0.25, 0.3) is 5.91 Å². The molecule has 7 rings (SSSR count). The highest BCUT2D eigenvalue weighted by molar-refractivity contribution is 5.95. The molecule has 2 aliphatic heterocycles. The maximum absolute atomic E-state index is 13.3. The standard InChI is InChI=1S/C25H24N6O3/c1-15-13-29(10-11-30(15)24(32)17-8-9-20-21(12-17)34-14-33-20)25-26-19-5-3-2-4-18(19)23-28-27-22(31(23)25)16-6-7-16/h2-5,8-9,12,15-16H,6-7,10-11,13-14H2,1H3. The number of benzene rings is 2. The number of para-hydroxylation sites is 1. The van der Waals surface area contributed by atoms with Crippen LogP contribution in [0.4, 0.5) is 5.95 Å². The Bertz CT molecular complexity index is 1450. The zero-order valence-corrected chi connectivity index (χ0v) is 18.8. The number of ether oxygens (including phenoxy) is 2. The lowest BCUT2D eigenvalue weighted by atomic mass is 10.1. The second kappa shape index (κ2) is 7.31. The van der Waals surface area contributed by atoms with Gasteiger partial charge in [-0.25, -0.2) is 9.38 Å². The van der Waals surface area contributed by atoms with Crippen molar-refractivity contribution in [1.82, 2.24) is 24.5 Å². The lowest BCUT2D eigenvalue weighted by Crippen LogP contribution is -2.54. The average Bonchev–Trinajstić information content (AvgIpc) is 3.43. The van der Waals surface area contributed by atoms with Crippen LogP contribution in [0.5, 0.6) is 11.5 Å². The minimum absolute atomic E-state index is 0.00466. The van der Waals surface area contributed by atoms with E-state index in [-0.39, 0.29) is 18.7 Å². The molecular formula is C25H24N6O3. The van der Waals surface area contributed by atoms with Crippen LogP contribution in [0.3, 0.4) is 0 Å². The fraction of sp³-hybridized carbons (Fsp3) is 0.360. The molecule has 1 amide bonds. The molecule has 172 valence electrons. The molecule has 0 bridgehead atoms. The zero-order chi connectivity index (χ0) is 22.8. The molecule has 1 atom stereocenters. The van der Waals surface area contributed by atoms with Gasteiger partial charge >= 0.3 is 0 Å². The summed E-state index contributed by atoms with van der Waals surface area (Å²) in [6.45, 7) is 4.25. The van der Waals surface area contributed by atoms with Gasteiger partial charge in [-0.3, -0.25) is 4.79 Å². The van der Waals surface area contributed by atoms with Crippen molar-refractivity contribution < 1.29 is 14.3 Å². The van der Waals surface area contributed by atoms with Gasteiger partial charge in [0.2, 0.25) is 12.7 Å². The normalized spacial score (nSPS) is 19.9. The highest BCUT2D eigenvalue weighted by Gasteiger charge is 2.34. The van der Waals surface area contributed by atoms with Gasteiger partial charge in [-0.2, -0.15) is 0 Å². The molecule has 4 aromatic rings. The summed E-state index contributed by atoms with van der Waals surface area (Å²) < 4.78 is 13.0. The summed E-state index contributed by atoms with van der Waals surface area (Å²) in [4.78, 5) is 22.6. The van der Waals surface area contributed by atoms with Crippen LogP contribution in [0.2, 0.25) is 0 Å². The van der Waals surface area contributed by atoms with Crippen LogP contribution in [0, 0.1) is 0 Å². The Morgan fingerprint density at radius 3 is 2.74 bits per heavy atom. The Kier molecular flexibility index (Phi) is 4.21. The minimum atomic E-state index is 0.00466. The van der Waals surface area contributed by atoms with Crippen LogP contribution in [0.15, 0.2) is 42.5 Å². The van der Waals surface area contributed by atoms with Crippen LogP contribution in [-0.4, -0.2) is 62.9 Å².